The SMILES string of the molecule is COCCN(Cc1ccc(OC)c(OS(=O)(=O)c2ccc(NC(C)=O)cc2)c1)C(=O)CC(C)C. The lowest BCUT2D eigenvalue weighted by Crippen LogP contribution is -2.34. The number of nitrogens with one attached hydrogen (secondary N) is 1. The lowest BCUT2D eigenvalue weighted by atomic mass is 10.1. The zero-order valence-corrected chi connectivity index (χ0v) is 21.0. The molecule has 9 nitrogen and oxygen atoms in total. The third-order valence-electron chi connectivity index (χ3n) is 4.77. The predicted octanol–water partition coefficient (Wildman–Crippen LogP) is 3.44. The molecule has 34 heavy (non-hydrogen) atoms. The Balaban J connectivity index is 2.28. The smallest absolute Gasteiger partial charge is 0.339 e. The van der Waals surface area contributed by atoms with Crippen molar-refractivity contribution in [1.29, 1.82) is 0 Å². The molecule has 10 heteroatoms. The molecule has 2 aromatic rings. The molecule has 0 radical (unpaired) electrons. The summed E-state index contributed by atoms with van der Waals surface area (Å²) in [6.45, 7) is 6.36. The molecule has 2 amide bonds. The molecule has 1 N–H and O–H groups in total. The van der Waals surface area contributed by atoms with Crippen LogP contribution in [0.5, 0.6) is 11.5 Å². The Bertz CT molecular complexity index is 1080. The van der Waals surface area contributed by atoms with Gasteiger partial charge in [-0.05, 0) is 47.9 Å². The van der Waals surface area contributed by atoms with E-state index in [1.54, 1.807) is 30.2 Å². The van der Waals surface area contributed by atoms with Gasteiger partial charge in [0.2, 0.25) is 11.8 Å². The molecule has 0 spiro atoms. The van der Waals surface area contributed by atoms with E-state index in [1.165, 1.54) is 38.3 Å². The van der Waals surface area contributed by atoms with Crippen molar-refractivity contribution in [1.82, 2.24) is 4.90 Å². The van der Waals surface area contributed by atoms with E-state index in [2.05, 4.69) is 5.32 Å². The Labute approximate surface area is 201 Å². The first-order valence-corrected chi connectivity index (χ1v) is 12.2. The van der Waals surface area contributed by atoms with Gasteiger partial charge in [-0.1, -0.05) is 19.9 Å². The Hall–Kier alpha value is -3.11. The third-order valence-corrected chi connectivity index (χ3v) is 6.01. The number of amides is 2. The standard InChI is InChI=1S/C24H32N2O7S/c1-17(2)14-24(28)26(12-13-31-4)16-19-6-11-22(32-5)23(15-19)33-34(29,30)21-9-7-20(8-10-21)25-18(3)27/h6-11,15,17H,12-14,16H2,1-5H3,(H,25,27). The van der Waals surface area contributed by atoms with Crippen LogP contribution in [0, 0.1) is 5.92 Å². The molecule has 0 aliphatic heterocycles. The van der Waals surface area contributed by atoms with Gasteiger partial charge in [0.25, 0.3) is 0 Å². The molecule has 0 unspecified atom stereocenters. The minimum Gasteiger partial charge on any atom is -0.493 e. The second-order valence-corrected chi connectivity index (χ2v) is 9.68. The number of nitrogens with zero attached hydrogens (tertiary/aromatic N) is 1. The van der Waals surface area contributed by atoms with E-state index in [9.17, 15) is 18.0 Å². The van der Waals surface area contributed by atoms with Gasteiger partial charge in [0.15, 0.2) is 11.5 Å². The first-order valence-electron chi connectivity index (χ1n) is 10.8. The fourth-order valence-corrected chi connectivity index (χ4v) is 4.08. The number of methoxy groups -OCH3 is 2. The number of benzene rings is 2. The highest BCUT2D eigenvalue weighted by Crippen LogP contribution is 2.31. The van der Waals surface area contributed by atoms with Gasteiger partial charge in [0.1, 0.15) is 4.90 Å². The zero-order valence-electron chi connectivity index (χ0n) is 20.2. The van der Waals surface area contributed by atoms with Crippen LogP contribution in [-0.2, 0) is 31.0 Å². The van der Waals surface area contributed by atoms with Gasteiger partial charge in [0, 0.05) is 39.2 Å². The minimum absolute atomic E-state index is 0.00828. The lowest BCUT2D eigenvalue weighted by molar-refractivity contribution is -0.133. The van der Waals surface area contributed by atoms with Crippen LogP contribution in [0.25, 0.3) is 0 Å². The van der Waals surface area contributed by atoms with E-state index in [1.807, 2.05) is 13.8 Å². The van der Waals surface area contributed by atoms with Crippen molar-refractivity contribution < 1.29 is 31.7 Å². The van der Waals surface area contributed by atoms with E-state index in [-0.39, 0.29) is 40.7 Å². The average Bonchev–Trinajstić information content (AvgIpc) is 2.76. The van der Waals surface area contributed by atoms with Gasteiger partial charge in [-0.3, -0.25) is 9.59 Å². The summed E-state index contributed by atoms with van der Waals surface area (Å²) in [6.07, 6.45) is 0.395. The maximum atomic E-state index is 12.9. The Morgan fingerprint density at radius 1 is 1.03 bits per heavy atom. The Kier molecular flexibility index (Phi) is 9.88. The Morgan fingerprint density at radius 2 is 1.71 bits per heavy atom. The van der Waals surface area contributed by atoms with Crippen LogP contribution in [0.1, 0.15) is 32.8 Å². The number of carbonyl (C=O) groups is 2. The first-order chi connectivity index (χ1) is 16.1. The van der Waals surface area contributed by atoms with Crippen LogP contribution in [0.3, 0.4) is 0 Å². The van der Waals surface area contributed by atoms with Gasteiger partial charge in [-0.2, -0.15) is 8.42 Å². The second kappa shape index (κ2) is 12.4. The van der Waals surface area contributed by atoms with Crippen LogP contribution in [0.4, 0.5) is 5.69 Å². The molecule has 2 rings (SSSR count). The number of anilines is 1. The largest absolute Gasteiger partial charge is 0.493 e. The van der Waals surface area contributed by atoms with Crippen molar-refractivity contribution in [3.63, 3.8) is 0 Å². The van der Waals surface area contributed by atoms with Crippen LogP contribution < -0.4 is 14.2 Å². The van der Waals surface area contributed by atoms with Gasteiger partial charge < -0.3 is 23.9 Å². The molecular weight excluding hydrogens is 460 g/mol. The molecule has 0 fully saturated rings. The van der Waals surface area contributed by atoms with Gasteiger partial charge in [-0.15, -0.1) is 0 Å². The molecular formula is C24H32N2O7S. The van der Waals surface area contributed by atoms with Gasteiger partial charge >= 0.3 is 10.1 Å². The van der Waals surface area contributed by atoms with E-state index in [4.69, 9.17) is 13.7 Å². The monoisotopic (exact) mass is 492 g/mol. The zero-order chi connectivity index (χ0) is 25.3. The maximum absolute atomic E-state index is 12.9. The van der Waals surface area contributed by atoms with Crippen molar-refractivity contribution in [2.45, 2.75) is 38.6 Å². The van der Waals surface area contributed by atoms with Crippen LogP contribution in [-0.4, -0.2) is 52.5 Å². The molecule has 0 aliphatic carbocycles. The summed E-state index contributed by atoms with van der Waals surface area (Å²) < 4.78 is 41.5. The number of carbonyl (C=O) groups excluding carboxylic acids is 2. The molecule has 0 saturated carbocycles. The van der Waals surface area contributed by atoms with E-state index in [0.717, 1.165) is 0 Å². The van der Waals surface area contributed by atoms with E-state index < -0.39 is 10.1 Å². The number of hydrogen-bond acceptors (Lipinski definition) is 7. The van der Waals surface area contributed by atoms with Gasteiger partial charge in [0.05, 0.1) is 13.7 Å². The summed E-state index contributed by atoms with van der Waals surface area (Å²) in [5.74, 6) is 0.166. The quantitative estimate of drug-likeness (QED) is 0.452. The van der Waals surface area contributed by atoms with E-state index in [0.29, 0.717) is 30.8 Å². The predicted molar refractivity (Wildman–Crippen MR) is 128 cm³/mol. The minimum atomic E-state index is -4.18. The number of rotatable bonds is 12. The Morgan fingerprint density at radius 3 is 2.26 bits per heavy atom. The summed E-state index contributed by atoms with van der Waals surface area (Å²) in [5.41, 5.74) is 1.15. The van der Waals surface area contributed by atoms with Crippen molar-refractivity contribution >= 4 is 27.6 Å². The van der Waals surface area contributed by atoms with Crippen LogP contribution in [0.2, 0.25) is 0 Å². The summed E-state index contributed by atoms with van der Waals surface area (Å²) in [6, 6.07) is 10.5. The van der Waals surface area contributed by atoms with Gasteiger partial charge in [-0.25, -0.2) is 0 Å². The summed E-state index contributed by atoms with van der Waals surface area (Å²) in [4.78, 5) is 25.4. The summed E-state index contributed by atoms with van der Waals surface area (Å²) in [5, 5.41) is 2.58. The van der Waals surface area contributed by atoms with E-state index >= 15 is 0 Å². The van der Waals surface area contributed by atoms with Crippen molar-refractivity contribution in [2.75, 3.05) is 32.7 Å². The molecule has 186 valence electrons. The molecule has 0 bridgehead atoms. The fraction of sp³-hybridized carbons (Fsp3) is 0.417. The normalized spacial score (nSPS) is 11.2. The number of ether oxygens (including phenoxy) is 2. The molecule has 0 atom stereocenters. The highest BCUT2D eigenvalue weighted by molar-refractivity contribution is 7.87. The van der Waals surface area contributed by atoms with Crippen molar-refractivity contribution in [2.24, 2.45) is 5.92 Å². The highest BCUT2D eigenvalue weighted by Gasteiger charge is 2.21. The lowest BCUT2D eigenvalue weighted by Gasteiger charge is -2.24. The average molecular weight is 493 g/mol. The molecule has 0 aromatic heterocycles. The molecule has 0 aliphatic rings. The third kappa shape index (κ3) is 8.03. The van der Waals surface area contributed by atoms with Crippen LogP contribution in [0.15, 0.2) is 47.4 Å². The maximum Gasteiger partial charge on any atom is 0.339 e. The summed E-state index contributed by atoms with van der Waals surface area (Å²) in [7, 11) is -1.20. The molecule has 0 saturated heterocycles. The fourth-order valence-electron chi connectivity index (χ4n) is 3.15. The number of hydrogen-bond donors (Lipinski definition) is 1. The second-order valence-electron chi connectivity index (χ2n) is 8.13. The highest BCUT2D eigenvalue weighted by atomic mass is 32.2. The topological polar surface area (TPSA) is 111 Å². The van der Waals surface area contributed by atoms with Crippen molar-refractivity contribution in [3.05, 3.63) is 48.0 Å². The van der Waals surface area contributed by atoms with Crippen molar-refractivity contribution in [3.8, 4) is 11.5 Å². The summed E-state index contributed by atoms with van der Waals surface area (Å²) >= 11 is 0. The molecule has 0 heterocycles. The molecule has 2 aromatic carbocycles. The van der Waals surface area contributed by atoms with Crippen LogP contribution >= 0.6 is 0 Å². The first kappa shape index (κ1) is 27.1.